The molecule has 2 aromatic rings. The summed E-state index contributed by atoms with van der Waals surface area (Å²) in [5.74, 6) is 0. The lowest BCUT2D eigenvalue weighted by atomic mass is 10.3. The van der Waals surface area contributed by atoms with Gasteiger partial charge in [0.25, 0.3) is 0 Å². The van der Waals surface area contributed by atoms with Crippen LogP contribution >= 0.6 is 15.9 Å². The molecule has 0 unspecified atom stereocenters. The fourth-order valence-corrected chi connectivity index (χ4v) is 1.35. The van der Waals surface area contributed by atoms with Gasteiger partial charge in [0.15, 0.2) is 11.9 Å². The smallest absolute Gasteiger partial charge is 0.178 e. The Balaban J connectivity index is 0.000000461. The standard InChI is InChI=1S/C7H4BrN3O.CH4O/c8-4-1-5-7(10-3-9-5)11-6(4)2-12;1-2/h1-3H,(H,9,10,11);2H,1H3. The second kappa shape index (κ2) is 4.83. The molecule has 0 amide bonds. The van der Waals surface area contributed by atoms with Crippen LogP contribution in [0.3, 0.4) is 0 Å². The minimum absolute atomic E-state index is 0.370. The monoisotopic (exact) mass is 257 g/mol. The number of nitrogens with one attached hydrogen (secondary N) is 1. The maximum absolute atomic E-state index is 10.5. The second-order valence-corrected chi connectivity index (χ2v) is 3.10. The minimum atomic E-state index is 0.370. The Bertz CT molecular complexity index is 441. The number of aldehydes is 1. The molecule has 0 radical (unpaired) electrons. The van der Waals surface area contributed by atoms with E-state index in [4.69, 9.17) is 5.11 Å². The van der Waals surface area contributed by atoms with Gasteiger partial charge in [-0.05, 0) is 22.0 Å². The lowest BCUT2D eigenvalue weighted by Crippen LogP contribution is -1.89. The van der Waals surface area contributed by atoms with Gasteiger partial charge < -0.3 is 10.1 Å². The van der Waals surface area contributed by atoms with E-state index >= 15 is 0 Å². The van der Waals surface area contributed by atoms with Crippen LogP contribution in [0, 0.1) is 0 Å². The van der Waals surface area contributed by atoms with Crippen LogP contribution < -0.4 is 0 Å². The molecule has 0 aromatic carbocycles. The van der Waals surface area contributed by atoms with E-state index < -0.39 is 0 Å². The number of halogens is 1. The Morgan fingerprint density at radius 3 is 2.93 bits per heavy atom. The number of H-pyrrole nitrogens is 1. The van der Waals surface area contributed by atoms with Crippen molar-refractivity contribution in [2.24, 2.45) is 0 Å². The van der Waals surface area contributed by atoms with Gasteiger partial charge in [0.05, 0.1) is 11.8 Å². The largest absolute Gasteiger partial charge is 0.400 e. The number of nitrogens with zero attached hydrogens (tertiary/aromatic N) is 2. The van der Waals surface area contributed by atoms with Crippen LogP contribution in [-0.2, 0) is 0 Å². The number of fused-ring (bicyclic) bond motifs is 1. The molecule has 0 spiro atoms. The van der Waals surface area contributed by atoms with E-state index in [-0.39, 0.29) is 0 Å². The van der Waals surface area contributed by atoms with E-state index in [0.717, 1.165) is 12.6 Å². The van der Waals surface area contributed by atoms with E-state index in [1.807, 2.05) is 0 Å². The Hall–Kier alpha value is -1.27. The third-order valence-electron chi connectivity index (χ3n) is 1.50. The summed E-state index contributed by atoms with van der Waals surface area (Å²) >= 11 is 3.22. The molecule has 0 fully saturated rings. The number of aromatic nitrogens is 3. The van der Waals surface area contributed by atoms with Gasteiger partial charge >= 0.3 is 0 Å². The number of imidazole rings is 1. The van der Waals surface area contributed by atoms with Crippen molar-refractivity contribution < 1.29 is 9.90 Å². The first-order chi connectivity index (χ1) is 6.81. The Labute approximate surface area is 88.3 Å². The quantitative estimate of drug-likeness (QED) is 0.752. The normalized spacial score (nSPS) is 9.36. The first-order valence-corrected chi connectivity index (χ1v) is 4.50. The topological polar surface area (TPSA) is 78.9 Å². The molecule has 74 valence electrons. The maximum Gasteiger partial charge on any atom is 0.178 e. The summed E-state index contributed by atoms with van der Waals surface area (Å²) in [6, 6.07) is 1.78. The Morgan fingerprint density at radius 1 is 1.57 bits per heavy atom. The molecule has 0 saturated carbocycles. The van der Waals surface area contributed by atoms with Crippen molar-refractivity contribution in [2.45, 2.75) is 0 Å². The lowest BCUT2D eigenvalue weighted by molar-refractivity contribution is 0.111. The molecule has 0 aliphatic heterocycles. The number of aliphatic hydroxyl groups excluding tert-OH is 1. The molecule has 0 saturated heterocycles. The summed E-state index contributed by atoms with van der Waals surface area (Å²) in [6.45, 7) is 0. The number of carbonyl (C=O) groups is 1. The SMILES string of the molecule is CO.O=Cc1nc2nc[nH]c2cc1Br. The van der Waals surface area contributed by atoms with Gasteiger partial charge in [0, 0.05) is 11.6 Å². The average molecular weight is 258 g/mol. The fraction of sp³-hybridized carbons (Fsp3) is 0.125. The highest BCUT2D eigenvalue weighted by Crippen LogP contribution is 2.17. The van der Waals surface area contributed by atoms with Gasteiger partial charge in [-0.1, -0.05) is 0 Å². The first-order valence-electron chi connectivity index (χ1n) is 3.71. The van der Waals surface area contributed by atoms with Crippen molar-refractivity contribution >= 4 is 33.4 Å². The van der Waals surface area contributed by atoms with Crippen molar-refractivity contribution in [1.29, 1.82) is 0 Å². The molecular formula is C8H8BrN3O2. The molecule has 0 aliphatic rings. The van der Waals surface area contributed by atoms with Crippen LogP contribution in [-0.4, -0.2) is 33.5 Å². The Kier molecular flexibility index (Phi) is 3.73. The summed E-state index contributed by atoms with van der Waals surface area (Å²) in [6.07, 6.45) is 2.23. The van der Waals surface area contributed by atoms with Gasteiger partial charge in [-0.25, -0.2) is 9.97 Å². The molecule has 2 aromatic heterocycles. The zero-order valence-corrected chi connectivity index (χ0v) is 8.95. The zero-order chi connectivity index (χ0) is 10.6. The van der Waals surface area contributed by atoms with Gasteiger partial charge in [0.1, 0.15) is 5.69 Å². The molecule has 6 heteroatoms. The van der Waals surface area contributed by atoms with E-state index in [1.165, 1.54) is 0 Å². The van der Waals surface area contributed by atoms with Crippen molar-refractivity contribution in [2.75, 3.05) is 7.11 Å². The molecule has 2 rings (SSSR count). The summed E-state index contributed by atoms with van der Waals surface area (Å²) < 4.78 is 0.675. The van der Waals surface area contributed by atoms with Crippen molar-refractivity contribution in [1.82, 2.24) is 15.0 Å². The molecule has 0 atom stereocenters. The molecule has 2 N–H and O–H groups in total. The second-order valence-electron chi connectivity index (χ2n) is 2.25. The third-order valence-corrected chi connectivity index (χ3v) is 2.14. The van der Waals surface area contributed by atoms with Crippen LogP contribution in [0.1, 0.15) is 10.5 Å². The predicted octanol–water partition coefficient (Wildman–Crippen LogP) is 1.14. The maximum atomic E-state index is 10.5. The summed E-state index contributed by atoms with van der Waals surface area (Å²) in [5, 5.41) is 7.00. The minimum Gasteiger partial charge on any atom is -0.400 e. The molecule has 0 bridgehead atoms. The molecule has 2 heterocycles. The Morgan fingerprint density at radius 2 is 2.29 bits per heavy atom. The highest BCUT2D eigenvalue weighted by molar-refractivity contribution is 9.10. The summed E-state index contributed by atoms with van der Waals surface area (Å²) in [4.78, 5) is 21.3. The number of aromatic amines is 1. The van der Waals surface area contributed by atoms with Crippen LogP contribution in [0.15, 0.2) is 16.9 Å². The van der Waals surface area contributed by atoms with Gasteiger partial charge in [-0.2, -0.15) is 0 Å². The van der Waals surface area contributed by atoms with E-state index in [0.29, 0.717) is 22.1 Å². The molecule has 5 nitrogen and oxygen atoms in total. The van der Waals surface area contributed by atoms with E-state index in [1.54, 1.807) is 12.4 Å². The number of pyridine rings is 1. The summed E-state index contributed by atoms with van der Waals surface area (Å²) in [5.41, 5.74) is 1.74. The van der Waals surface area contributed by atoms with Crippen molar-refractivity contribution in [3.05, 3.63) is 22.6 Å². The molecular weight excluding hydrogens is 250 g/mol. The van der Waals surface area contributed by atoms with Crippen LogP contribution in [0.25, 0.3) is 11.2 Å². The van der Waals surface area contributed by atoms with Crippen LogP contribution in [0.4, 0.5) is 0 Å². The van der Waals surface area contributed by atoms with Gasteiger partial charge in [0.2, 0.25) is 0 Å². The highest BCUT2D eigenvalue weighted by atomic mass is 79.9. The van der Waals surface area contributed by atoms with Gasteiger partial charge in [-0.15, -0.1) is 0 Å². The van der Waals surface area contributed by atoms with Crippen LogP contribution in [0.2, 0.25) is 0 Å². The molecule has 0 aliphatic carbocycles. The number of hydrogen-bond donors (Lipinski definition) is 2. The summed E-state index contributed by atoms with van der Waals surface area (Å²) in [7, 11) is 1.00. The number of hydrogen-bond acceptors (Lipinski definition) is 4. The van der Waals surface area contributed by atoms with Crippen molar-refractivity contribution in [3.8, 4) is 0 Å². The number of aliphatic hydroxyl groups is 1. The van der Waals surface area contributed by atoms with Crippen molar-refractivity contribution in [3.63, 3.8) is 0 Å². The van der Waals surface area contributed by atoms with E-state index in [9.17, 15) is 4.79 Å². The predicted molar refractivity (Wildman–Crippen MR) is 55.1 cm³/mol. The first kappa shape index (κ1) is 10.8. The molecule has 14 heavy (non-hydrogen) atoms. The lowest BCUT2D eigenvalue weighted by Gasteiger charge is -1.93. The third kappa shape index (κ3) is 1.97. The number of carbonyl (C=O) groups excluding carboxylic acids is 1. The van der Waals surface area contributed by atoms with Gasteiger partial charge in [-0.3, -0.25) is 4.79 Å². The average Bonchev–Trinajstić information content (AvgIpc) is 2.66. The zero-order valence-electron chi connectivity index (χ0n) is 7.36. The van der Waals surface area contributed by atoms with E-state index in [2.05, 4.69) is 30.9 Å². The highest BCUT2D eigenvalue weighted by Gasteiger charge is 2.04. The number of rotatable bonds is 1. The fourth-order valence-electron chi connectivity index (χ4n) is 0.943. The van der Waals surface area contributed by atoms with Crippen LogP contribution in [0.5, 0.6) is 0 Å².